The van der Waals surface area contributed by atoms with E-state index < -0.39 is 12.0 Å². The number of carboxylic acids is 1. The van der Waals surface area contributed by atoms with Crippen molar-refractivity contribution in [3.8, 4) is 0 Å². The van der Waals surface area contributed by atoms with Crippen molar-refractivity contribution in [3.05, 3.63) is 29.8 Å². The third-order valence-electron chi connectivity index (χ3n) is 2.31. The number of benzene rings is 1. The van der Waals surface area contributed by atoms with Crippen LogP contribution in [0.3, 0.4) is 0 Å². The Morgan fingerprint density at radius 1 is 1.44 bits per heavy atom. The average Bonchev–Trinajstić information content (AvgIpc) is 2.29. The van der Waals surface area contributed by atoms with E-state index in [2.05, 4.69) is 5.32 Å². The van der Waals surface area contributed by atoms with E-state index in [4.69, 9.17) is 22.4 Å². The van der Waals surface area contributed by atoms with Crippen LogP contribution in [0.5, 0.6) is 0 Å². The summed E-state index contributed by atoms with van der Waals surface area (Å²) < 4.78 is 0. The molecule has 6 heteroatoms. The van der Waals surface area contributed by atoms with Gasteiger partial charge in [0.15, 0.2) is 0 Å². The quantitative estimate of drug-likeness (QED) is 0.678. The highest BCUT2D eigenvalue weighted by atomic mass is 35.5. The van der Waals surface area contributed by atoms with Gasteiger partial charge >= 0.3 is 5.97 Å². The van der Waals surface area contributed by atoms with Gasteiger partial charge in [-0.05, 0) is 24.1 Å². The van der Waals surface area contributed by atoms with E-state index >= 15 is 0 Å². The van der Waals surface area contributed by atoms with Crippen molar-refractivity contribution < 1.29 is 14.7 Å². The number of nitrogens with one attached hydrogen (secondary N) is 1. The van der Waals surface area contributed by atoms with Gasteiger partial charge in [0.2, 0.25) is 5.91 Å². The van der Waals surface area contributed by atoms with Gasteiger partial charge < -0.3 is 16.2 Å². The highest BCUT2D eigenvalue weighted by Crippen LogP contribution is 2.12. The fourth-order valence-corrected chi connectivity index (χ4v) is 1.60. The average molecular weight is 271 g/mol. The molecule has 4 N–H and O–H groups in total. The van der Waals surface area contributed by atoms with Crippen LogP contribution in [0.1, 0.15) is 12.0 Å². The van der Waals surface area contributed by atoms with Crippen molar-refractivity contribution in [3.63, 3.8) is 0 Å². The Bertz CT molecular complexity index is 437. The molecule has 18 heavy (non-hydrogen) atoms. The summed E-state index contributed by atoms with van der Waals surface area (Å²) in [6, 6.07) is 5.98. The Morgan fingerprint density at radius 3 is 2.78 bits per heavy atom. The third-order valence-corrected chi connectivity index (χ3v) is 2.49. The lowest BCUT2D eigenvalue weighted by Gasteiger charge is -2.09. The number of carboxylic acid groups (broad SMARTS) is 1. The topological polar surface area (TPSA) is 92.4 Å². The van der Waals surface area contributed by atoms with Gasteiger partial charge in [0.05, 0.1) is 0 Å². The second-order valence-electron chi connectivity index (χ2n) is 3.84. The lowest BCUT2D eigenvalue weighted by atomic mass is 10.1. The van der Waals surface area contributed by atoms with E-state index in [1.807, 2.05) is 0 Å². The highest BCUT2D eigenvalue weighted by molar-refractivity contribution is 6.19. The summed E-state index contributed by atoms with van der Waals surface area (Å²) >= 11 is 5.45. The number of rotatable bonds is 6. The van der Waals surface area contributed by atoms with Gasteiger partial charge in [-0.15, -0.1) is 11.6 Å². The summed E-state index contributed by atoms with van der Waals surface area (Å²) in [5.74, 6) is -0.966. The molecule has 98 valence electrons. The maximum Gasteiger partial charge on any atom is 0.320 e. The van der Waals surface area contributed by atoms with Crippen LogP contribution < -0.4 is 11.1 Å². The largest absolute Gasteiger partial charge is 0.480 e. The molecule has 5 nitrogen and oxygen atoms in total. The Morgan fingerprint density at radius 2 is 2.17 bits per heavy atom. The second-order valence-corrected chi connectivity index (χ2v) is 4.21. The number of halogens is 1. The minimum atomic E-state index is -1.05. The Kier molecular flexibility index (Phi) is 5.61. The van der Waals surface area contributed by atoms with Crippen molar-refractivity contribution in [1.29, 1.82) is 0 Å². The molecule has 0 aliphatic rings. The number of nitrogens with two attached hydrogens (primary N) is 1. The molecule has 0 radical (unpaired) electrons. The molecule has 1 atom stereocenters. The Hall–Kier alpha value is -1.59. The summed E-state index contributed by atoms with van der Waals surface area (Å²) in [7, 11) is 0. The molecule has 0 saturated heterocycles. The number of carbonyl (C=O) groups is 2. The Balaban J connectivity index is 2.67. The van der Waals surface area contributed by atoms with E-state index in [0.29, 0.717) is 5.69 Å². The number of alkyl halides is 1. The van der Waals surface area contributed by atoms with E-state index in [9.17, 15) is 9.59 Å². The normalized spacial score (nSPS) is 11.9. The SMILES string of the molecule is N[C@@H](Cc1cccc(NC(=O)CCCl)c1)C(=O)O. The smallest absolute Gasteiger partial charge is 0.320 e. The van der Waals surface area contributed by atoms with Crippen LogP contribution in [-0.2, 0) is 16.0 Å². The van der Waals surface area contributed by atoms with E-state index in [1.165, 1.54) is 0 Å². The van der Waals surface area contributed by atoms with E-state index in [0.717, 1.165) is 5.56 Å². The fraction of sp³-hybridized carbons (Fsp3) is 0.333. The Labute approximate surface area is 110 Å². The van der Waals surface area contributed by atoms with Gasteiger partial charge in [-0.2, -0.15) is 0 Å². The van der Waals surface area contributed by atoms with Crippen molar-refractivity contribution in [2.75, 3.05) is 11.2 Å². The molecule has 1 amide bonds. The number of anilines is 1. The zero-order valence-electron chi connectivity index (χ0n) is 9.73. The molecule has 0 aliphatic carbocycles. The molecule has 0 spiro atoms. The van der Waals surface area contributed by atoms with Gasteiger partial charge in [0.1, 0.15) is 6.04 Å². The van der Waals surface area contributed by atoms with Gasteiger partial charge in [-0.3, -0.25) is 9.59 Å². The first kappa shape index (κ1) is 14.5. The lowest BCUT2D eigenvalue weighted by Crippen LogP contribution is -2.32. The first-order valence-corrected chi connectivity index (χ1v) is 5.99. The van der Waals surface area contributed by atoms with Crippen molar-refractivity contribution in [2.45, 2.75) is 18.9 Å². The predicted molar refractivity (Wildman–Crippen MR) is 69.7 cm³/mol. The molecule has 0 fully saturated rings. The molecule has 0 unspecified atom stereocenters. The summed E-state index contributed by atoms with van der Waals surface area (Å²) in [5.41, 5.74) is 6.81. The van der Waals surface area contributed by atoms with Gasteiger partial charge in [-0.1, -0.05) is 12.1 Å². The maximum atomic E-state index is 11.3. The van der Waals surface area contributed by atoms with E-state index in [-0.39, 0.29) is 24.6 Å². The zero-order chi connectivity index (χ0) is 13.5. The van der Waals surface area contributed by atoms with Gasteiger partial charge in [-0.25, -0.2) is 0 Å². The van der Waals surface area contributed by atoms with Crippen LogP contribution in [0, 0.1) is 0 Å². The standard InChI is InChI=1S/C12H15ClN2O3/c13-5-4-11(16)15-9-3-1-2-8(6-9)7-10(14)12(17)18/h1-3,6,10H,4-5,7,14H2,(H,15,16)(H,17,18)/t10-/m0/s1. The van der Waals surface area contributed by atoms with Crippen LogP contribution in [0.2, 0.25) is 0 Å². The molecule has 0 aromatic heterocycles. The minimum Gasteiger partial charge on any atom is -0.480 e. The number of hydrogen-bond donors (Lipinski definition) is 3. The first-order chi connectivity index (χ1) is 8.52. The molecule has 1 aromatic rings. The molecule has 0 heterocycles. The monoisotopic (exact) mass is 270 g/mol. The number of carbonyl (C=O) groups excluding carboxylic acids is 1. The third kappa shape index (κ3) is 4.73. The molecule has 1 aromatic carbocycles. The maximum absolute atomic E-state index is 11.3. The molecular weight excluding hydrogens is 256 g/mol. The van der Waals surface area contributed by atoms with Crippen molar-refractivity contribution in [1.82, 2.24) is 0 Å². The van der Waals surface area contributed by atoms with Crippen LogP contribution in [0.15, 0.2) is 24.3 Å². The summed E-state index contributed by atoms with van der Waals surface area (Å²) in [5, 5.41) is 11.4. The minimum absolute atomic E-state index is 0.176. The second kappa shape index (κ2) is 6.98. The van der Waals surface area contributed by atoms with Gasteiger partial charge in [0, 0.05) is 18.0 Å². The van der Waals surface area contributed by atoms with Crippen molar-refractivity contribution >= 4 is 29.2 Å². The van der Waals surface area contributed by atoms with Crippen LogP contribution >= 0.6 is 11.6 Å². The molecular formula is C12H15ClN2O3. The van der Waals surface area contributed by atoms with E-state index in [1.54, 1.807) is 24.3 Å². The number of aliphatic carboxylic acids is 1. The summed E-state index contributed by atoms with van der Waals surface area (Å²) in [4.78, 5) is 22.0. The first-order valence-electron chi connectivity index (χ1n) is 5.46. The molecule has 0 bridgehead atoms. The van der Waals surface area contributed by atoms with Gasteiger partial charge in [0.25, 0.3) is 0 Å². The number of amides is 1. The summed E-state index contributed by atoms with van der Waals surface area (Å²) in [6.45, 7) is 0. The number of hydrogen-bond acceptors (Lipinski definition) is 3. The predicted octanol–water partition coefficient (Wildman–Crippen LogP) is 1.21. The van der Waals surface area contributed by atoms with Crippen LogP contribution in [0.25, 0.3) is 0 Å². The zero-order valence-corrected chi connectivity index (χ0v) is 10.5. The highest BCUT2D eigenvalue weighted by Gasteiger charge is 2.12. The van der Waals surface area contributed by atoms with Crippen LogP contribution in [0.4, 0.5) is 5.69 Å². The summed E-state index contributed by atoms with van der Waals surface area (Å²) in [6.07, 6.45) is 0.453. The van der Waals surface area contributed by atoms with Crippen LogP contribution in [-0.4, -0.2) is 28.9 Å². The lowest BCUT2D eigenvalue weighted by molar-refractivity contribution is -0.138. The molecule has 0 aliphatic heterocycles. The van der Waals surface area contributed by atoms with Crippen molar-refractivity contribution in [2.24, 2.45) is 5.73 Å². The molecule has 1 rings (SSSR count). The fourth-order valence-electron chi connectivity index (χ4n) is 1.43. The molecule has 0 saturated carbocycles.